The van der Waals surface area contributed by atoms with E-state index in [1.54, 1.807) is 6.20 Å². The van der Waals surface area contributed by atoms with Crippen molar-refractivity contribution in [3.05, 3.63) is 47.7 Å². The predicted molar refractivity (Wildman–Crippen MR) is 68.8 cm³/mol. The van der Waals surface area contributed by atoms with E-state index in [0.717, 1.165) is 11.3 Å². The van der Waals surface area contributed by atoms with Gasteiger partial charge >= 0.3 is 0 Å². The molecule has 1 heterocycles. The SMILES string of the molecule is [B]c1cc(C)cnc1Nc1ccccc1C. The Morgan fingerprint density at radius 3 is 2.62 bits per heavy atom. The number of anilines is 2. The van der Waals surface area contributed by atoms with Crippen molar-refractivity contribution in [1.29, 1.82) is 0 Å². The Hall–Kier alpha value is -1.77. The molecule has 16 heavy (non-hydrogen) atoms. The number of benzene rings is 1. The highest BCUT2D eigenvalue weighted by atomic mass is 15.0. The maximum Gasteiger partial charge on any atom is 0.123 e. The first kappa shape index (κ1) is 10.7. The number of aryl methyl sites for hydroxylation is 2. The van der Waals surface area contributed by atoms with Gasteiger partial charge in [-0.2, -0.15) is 0 Å². The van der Waals surface area contributed by atoms with Gasteiger partial charge in [-0.05, 0) is 31.0 Å². The van der Waals surface area contributed by atoms with E-state index >= 15 is 0 Å². The Balaban J connectivity index is 2.31. The Bertz CT molecular complexity index is 509. The quantitative estimate of drug-likeness (QED) is 0.765. The van der Waals surface area contributed by atoms with Crippen LogP contribution in [0.1, 0.15) is 11.1 Å². The molecular weight excluding hydrogens is 195 g/mol. The van der Waals surface area contributed by atoms with Crippen LogP contribution in [-0.4, -0.2) is 12.8 Å². The maximum atomic E-state index is 5.89. The highest BCUT2D eigenvalue weighted by Gasteiger charge is 2.01. The van der Waals surface area contributed by atoms with Gasteiger partial charge in [-0.1, -0.05) is 29.7 Å². The lowest BCUT2D eigenvalue weighted by atomic mass is 9.95. The third-order valence-corrected chi connectivity index (χ3v) is 2.45. The van der Waals surface area contributed by atoms with Gasteiger partial charge in [0.15, 0.2) is 0 Å². The van der Waals surface area contributed by atoms with E-state index in [1.165, 1.54) is 5.56 Å². The van der Waals surface area contributed by atoms with Gasteiger partial charge in [0.05, 0.1) is 0 Å². The zero-order chi connectivity index (χ0) is 11.5. The van der Waals surface area contributed by atoms with E-state index in [9.17, 15) is 0 Å². The lowest BCUT2D eigenvalue weighted by Crippen LogP contribution is -2.12. The Kier molecular flexibility index (Phi) is 2.95. The van der Waals surface area contributed by atoms with Crippen LogP contribution in [-0.2, 0) is 0 Å². The van der Waals surface area contributed by atoms with Gasteiger partial charge in [-0.3, -0.25) is 0 Å². The molecule has 0 aliphatic rings. The Morgan fingerprint density at radius 1 is 1.19 bits per heavy atom. The zero-order valence-electron chi connectivity index (χ0n) is 9.49. The van der Waals surface area contributed by atoms with E-state index in [-0.39, 0.29) is 0 Å². The molecule has 2 aromatic rings. The highest BCUT2D eigenvalue weighted by molar-refractivity contribution is 6.35. The van der Waals surface area contributed by atoms with Crippen molar-refractivity contribution in [2.75, 3.05) is 5.32 Å². The minimum Gasteiger partial charge on any atom is -0.341 e. The molecule has 3 heteroatoms. The van der Waals surface area contributed by atoms with Crippen molar-refractivity contribution in [2.24, 2.45) is 0 Å². The first-order valence-electron chi connectivity index (χ1n) is 5.21. The van der Waals surface area contributed by atoms with Crippen molar-refractivity contribution in [1.82, 2.24) is 4.98 Å². The second-order valence-electron chi connectivity index (χ2n) is 3.89. The Labute approximate surface area is 97.1 Å². The summed E-state index contributed by atoms with van der Waals surface area (Å²) in [5.41, 5.74) is 3.94. The summed E-state index contributed by atoms with van der Waals surface area (Å²) in [4.78, 5) is 4.28. The molecule has 0 atom stereocenters. The average molecular weight is 208 g/mol. The van der Waals surface area contributed by atoms with Crippen molar-refractivity contribution in [3.8, 4) is 0 Å². The second kappa shape index (κ2) is 4.39. The smallest absolute Gasteiger partial charge is 0.123 e. The van der Waals surface area contributed by atoms with Crippen LogP contribution in [0, 0.1) is 13.8 Å². The largest absolute Gasteiger partial charge is 0.341 e. The van der Waals surface area contributed by atoms with Crippen LogP contribution >= 0.6 is 0 Å². The molecule has 0 amide bonds. The monoisotopic (exact) mass is 208 g/mol. The fourth-order valence-electron chi connectivity index (χ4n) is 1.54. The number of para-hydroxylation sites is 1. The van der Waals surface area contributed by atoms with Crippen LogP contribution in [0.2, 0.25) is 0 Å². The van der Waals surface area contributed by atoms with E-state index in [4.69, 9.17) is 7.85 Å². The normalized spacial score (nSPS) is 10.1. The van der Waals surface area contributed by atoms with Crippen LogP contribution < -0.4 is 10.8 Å². The first-order valence-corrected chi connectivity index (χ1v) is 5.21. The van der Waals surface area contributed by atoms with Crippen LogP contribution in [0.25, 0.3) is 0 Å². The van der Waals surface area contributed by atoms with Crippen LogP contribution in [0.4, 0.5) is 11.5 Å². The molecule has 1 aromatic heterocycles. The molecule has 1 N–H and O–H groups in total. The summed E-state index contributed by atoms with van der Waals surface area (Å²) < 4.78 is 0. The number of nitrogens with one attached hydrogen (secondary N) is 1. The zero-order valence-corrected chi connectivity index (χ0v) is 9.49. The molecule has 78 valence electrons. The van der Waals surface area contributed by atoms with Gasteiger partial charge in [-0.25, -0.2) is 4.98 Å². The van der Waals surface area contributed by atoms with Gasteiger partial charge in [0.1, 0.15) is 13.7 Å². The van der Waals surface area contributed by atoms with Crippen molar-refractivity contribution in [2.45, 2.75) is 13.8 Å². The summed E-state index contributed by atoms with van der Waals surface area (Å²) in [6.07, 6.45) is 1.80. The molecule has 0 aliphatic carbocycles. The number of aromatic nitrogens is 1. The van der Waals surface area contributed by atoms with Crippen LogP contribution in [0.15, 0.2) is 36.5 Å². The van der Waals surface area contributed by atoms with E-state index < -0.39 is 0 Å². The molecule has 0 aliphatic heterocycles. The minimum absolute atomic E-state index is 0.670. The van der Waals surface area contributed by atoms with Gasteiger partial charge in [0, 0.05) is 11.9 Å². The molecule has 0 bridgehead atoms. The van der Waals surface area contributed by atoms with Gasteiger partial charge in [0.25, 0.3) is 0 Å². The fraction of sp³-hybridized carbons (Fsp3) is 0.154. The molecule has 2 radical (unpaired) electrons. The molecule has 0 spiro atoms. The van der Waals surface area contributed by atoms with Crippen LogP contribution in [0.5, 0.6) is 0 Å². The molecule has 0 saturated carbocycles. The number of rotatable bonds is 2. The number of pyridine rings is 1. The Morgan fingerprint density at radius 2 is 1.94 bits per heavy atom. The molecular formula is C13H13BN2. The second-order valence-corrected chi connectivity index (χ2v) is 3.89. The maximum absolute atomic E-state index is 5.89. The highest BCUT2D eigenvalue weighted by Crippen LogP contribution is 2.17. The summed E-state index contributed by atoms with van der Waals surface area (Å²) >= 11 is 0. The number of hydrogen-bond donors (Lipinski definition) is 1. The van der Waals surface area contributed by atoms with Crippen molar-refractivity contribution < 1.29 is 0 Å². The summed E-state index contributed by atoms with van der Waals surface area (Å²) in [6.45, 7) is 4.02. The summed E-state index contributed by atoms with van der Waals surface area (Å²) in [6, 6.07) is 9.96. The predicted octanol–water partition coefficient (Wildman–Crippen LogP) is 2.24. The minimum atomic E-state index is 0.670. The number of hydrogen-bond acceptors (Lipinski definition) is 2. The third kappa shape index (κ3) is 2.24. The van der Waals surface area contributed by atoms with E-state index in [0.29, 0.717) is 11.3 Å². The van der Waals surface area contributed by atoms with Crippen molar-refractivity contribution >= 4 is 24.8 Å². The van der Waals surface area contributed by atoms with Crippen molar-refractivity contribution in [3.63, 3.8) is 0 Å². The summed E-state index contributed by atoms with van der Waals surface area (Å²) in [5, 5.41) is 3.23. The molecule has 2 nitrogen and oxygen atoms in total. The molecule has 0 saturated heterocycles. The van der Waals surface area contributed by atoms with Gasteiger partial charge in [-0.15, -0.1) is 0 Å². The first-order chi connectivity index (χ1) is 7.66. The molecule has 1 aromatic carbocycles. The topological polar surface area (TPSA) is 24.9 Å². The van der Waals surface area contributed by atoms with Gasteiger partial charge < -0.3 is 5.32 Å². The lowest BCUT2D eigenvalue weighted by Gasteiger charge is -2.11. The lowest BCUT2D eigenvalue weighted by molar-refractivity contribution is 1.27. The fourth-order valence-corrected chi connectivity index (χ4v) is 1.54. The van der Waals surface area contributed by atoms with Gasteiger partial charge in [0.2, 0.25) is 0 Å². The van der Waals surface area contributed by atoms with Crippen LogP contribution in [0.3, 0.4) is 0 Å². The molecule has 0 unspecified atom stereocenters. The van der Waals surface area contributed by atoms with E-state index in [2.05, 4.69) is 10.3 Å². The molecule has 0 fully saturated rings. The number of nitrogens with zero attached hydrogens (tertiary/aromatic N) is 1. The molecule has 2 rings (SSSR count). The summed E-state index contributed by atoms with van der Waals surface area (Å²) in [7, 11) is 5.89. The standard InChI is InChI=1S/C13H13BN2/c1-9-7-11(14)13(15-8-9)16-12-6-4-3-5-10(12)2/h3-8H,1-2H3,(H,15,16). The third-order valence-electron chi connectivity index (χ3n) is 2.45. The summed E-state index contributed by atoms with van der Waals surface area (Å²) in [5.74, 6) is 0.708. The average Bonchev–Trinajstić information content (AvgIpc) is 2.25. The van der Waals surface area contributed by atoms with E-state index in [1.807, 2.05) is 44.2 Å².